The lowest BCUT2D eigenvalue weighted by Gasteiger charge is -2.39. The summed E-state index contributed by atoms with van der Waals surface area (Å²) in [4.78, 5) is 40.4. The molecule has 4 unspecified atom stereocenters. The van der Waals surface area contributed by atoms with E-state index in [2.05, 4.69) is 17.4 Å². The molecule has 2 N–H and O–H groups in total. The Morgan fingerprint density at radius 2 is 1.54 bits per heavy atom. The molecule has 1 aliphatic heterocycles. The predicted molar refractivity (Wildman–Crippen MR) is 154 cm³/mol. The van der Waals surface area contributed by atoms with E-state index >= 15 is 0 Å². The fraction of sp³-hybridized carbons (Fsp3) is 0.364. The molecule has 41 heavy (non-hydrogen) atoms. The van der Waals surface area contributed by atoms with Gasteiger partial charge in [-0.15, -0.1) is 0 Å². The van der Waals surface area contributed by atoms with Crippen molar-refractivity contribution in [2.75, 3.05) is 13.2 Å². The molecule has 0 radical (unpaired) electrons. The van der Waals surface area contributed by atoms with Crippen molar-refractivity contribution in [2.45, 2.75) is 57.4 Å². The normalized spacial score (nSPS) is 19.5. The highest BCUT2D eigenvalue weighted by atomic mass is 16.5. The molecule has 2 aliphatic rings. The summed E-state index contributed by atoms with van der Waals surface area (Å²) < 4.78 is 11.8. The van der Waals surface area contributed by atoms with Gasteiger partial charge in [-0.25, -0.2) is 9.59 Å². The number of aliphatic carboxylic acids is 1. The molecule has 0 aromatic heterocycles. The minimum atomic E-state index is -1.12. The van der Waals surface area contributed by atoms with Gasteiger partial charge in [0.1, 0.15) is 18.7 Å². The van der Waals surface area contributed by atoms with Crippen molar-refractivity contribution >= 4 is 18.0 Å². The summed E-state index contributed by atoms with van der Waals surface area (Å²) in [5, 5.41) is 12.6. The van der Waals surface area contributed by atoms with Crippen LogP contribution in [-0.4, -0.2) is 59.3 Å². The Kier molecular flexibility index (Phi) is 8.69. The van der Waals surface area contributed by atoms with Gasteiger partial charge in [0.05, 0.1) is 12.7 Å². The van der Waals surface area contributed by atoms with Gasteiger partial charge in [-0.05, 0) is 53.5 Å². The van der Waals surface area contributed by atoms with E-state index in [9.17, 15) is 19.5 Å². The lowest BCUT2D eigenvalue weighted by Crippen LogP contribution is -2.60. The van der Waals surface area contributed by atoms with Crippen LogP contribution in [0.4, 0.5) is 4.79 Å². The minimum absolute atomic E-state index is 0.0958. The van der Waals surface area contributed by atoms with Gasteiger partial charge in [-0.1, -0.05) is 85.8 Å². The Balaban J connectivity index is 1.32. The fourth-order valence-electron chi connectivity index (χ4n) is 5.88. The molecular weight excluding hydrogens is 520 g/mol. The molecule has 1 fully saturated rings. The van der Waals surface area contributed by atoms with E-state index in [1.54, 1.807) is 6.92 Å². The van der Waals surface area contributed by atoms with Gasteiger partial charge in [0.25, 0.3) is 0 Å². The molecule has 3 aromatic carbocycles. The topological polar surface area (TPSA) is 105 Å². The number of nitrogens with one attached hydrogen (secondary N) is 1. The first-order chi connectivity index (χ1) is 19.8. The molecule has 0 bridgehead atoms. The molecule has 3 aromatic rings. The van der Waals surface area contributed by atoms with Gasteiger partial charge in [0.15, 0.2) is 0 Å². The number of carbonyl (C=O) groups is 3. The van der Waals surface area contributed by atoms with Gasteiger partial charge in [-0.3, -0.25) is 4.79 Å². The van der Waals surface area contributed by atoms with Crippen molar-refractivity contribution in [3.8, 4) is 11.1 Å². The number of amides is 2. The number of carboxylic acids is 1. The van der Waals surface area contributed by atoms with Crippen LogP contribution in [0.3, 0.4) is 0 Å². The number of carboxylic acid groups (broad SMARTS) is 1. The van der Waals surface area contributed by atoms with Crippen LogP contribution >= 0.6 is 0 Å². The van der Waals surface area contributed by atoms with Crippen LogP contribution in [0.15, 0.2) is 78.9 Å². The Hall–Kier alpha value is -4.17. The Labute approximate surface area is 240 Å². The number of nitrogens with zero attached hydrogens (tertiary/aromatic N) is 1. The Bertz CT molecular complexity index is 1350. The lowest BCUT2D eigenvalue weighted by atomic mass is 9.93. The zero-order valence-corrected chi connectivity index (χ0v) is 23.4. The van der Waals surface area contributed by atoms with Crippen LogP contribution in [0, 0.1) is 5.92 Å². The number of piperidine rings is 1. The van der Waals surface area contributed by atoms with Crippen molar-refractivity contribution in [3.63, 3.8) is 0 Å². The predicted octanol–water partition coefficient (Wildman–Crippen LogP) is 5.21. The van der Waals surface area contributed by atoms with Crippen LogP contribution in [0.2, 0.25) is 0 Å². The fourth-order valence-corrected chi connectivity index (χ4v) is 5.88. The smallest absolute Gasteiger partial charge is 0.407 e. The van der Waals surface area contributed by atoms with Gasteiger partial charge in [0.2, 0.25) is 5.91 Å². The molecule has 2 amide bonds. The molecule has 0 spiro atoms. The van der Waals surface area contributed by atoms with Crippen LogP contribution < -0.4 is 5.32 Å². The standard InChI is InChI=1S/C33H36N2O6/c1-21-16-17-29(32(37)38)35(18-21)31(36)30(22(2)40-19-23-10-4-3-5-11-23)34-33(39)41-20-28-26-14-8-6-12-24(26)25-13-7-9-15-27(25)28/h3-15,21-22,28-30H,16-20H2,1-2H3,(H,34,39)(H,37,38). The summed E-state index contributed by atoms with van der Waals surface area (Å²) in [5.74, 6) is -1.53. The number of ether oxygens (including phenoxy) is 2. The SMILES string of the molecule is CC1CCC(C(=O)O)N(C(=O)C(NC(=O)OCC2c3ccccc3-c3ccccc32)C(C)OCc2ccccc2)C1. The van der Waals surface area contributed by atoms with Crippen LogP contribution in [0.1, 0.15) is 49.3 Å². The summed E-state index contributed by atoms with van der Waals surface area (Å²) in [6, 6.07) is 23.6. The van der Waals surface area contributed by atoms with E-state index in [0.717, 1.165) is 27.8 Å². The summed E-state index contributed by atoms with van der Waals surface area (Å²) in [6.07, 6.45) is -0.420. The maximum absolute atomic E-state index is 13.8. The minimum Gasteiger partial charge on any atom is -0.480 e. The average molecular weight is 557 g/mol. The first-order valence-corrected chi connectivity index (χ1v) is 14.1. The molecule has 5 rings (SSSR count). The summed E-state index contributed by atoms with van der Waals surface area (Å²) in [6.45, 7) is 4.32. The van der Waals surface area contributed by atoms with Crippen LogP contribution in [0.25, 0.3) is 11.1 Å². The summed E-state index contributed by atoms with van der Waals surface area (Å²) in [5.41, 5.74) is 5.32. The van der Waals surface area contributed by atoms with E-state index in [1.807, 2.05) is 73.7 Å². The van der Waals surface area contributed by atoms with Gasteiger partial charge in [-0.2, -0.15) is 0 Å². The third kappa shape index (κ3) is 6.28. The van der Waals surface area contributed by atoms with Crippen LogP contribution in [-0.2, 0) is 25.7 Å². The van der Waals surface area contributed by atoms with Gasteiger partial charge in [0, 0.05) is 12.5 Å². The maximum Gasteiger partial charge on any atom is 0.407 e. The molecule has 8 nitrogen and oxygen atoms in total. The van der Waals surface area contributed by atoms with Gasteiger partial charge >= 0.3 is 12.1 Å². The Morgan fingerprint density at radius 1 is 0.927 bits per heavy atom. The van der Waals surface area contributed by atoms with Crippen molar-refractivity contribution in [2.24, 2.45) is 5.92 Å². The van der Waals surface area contributed by atoms with Crippen molar-refractivity contribution < 1.29 is 29.0 Å². The second-order valence-corrected chi connectivity index (χ2v) is 11.0. The molecule has 0 saturated carbocycles. The largest absolute Gasteiger partial charge is 0.480 e. The van der Waals surface area contributed by atoms with Gasteiger partial charge < -0.3 is 24.8 Å². The van der Waals surface area contributed by atoms with Crippen molar-refractivity contribution in [3.05, 3.63) is 95.6 Å². The highest BCUT2D eigenvalue weighted by molar-refractivity contribution is 5.90. The number of hydrogen-bond donors (Lipinski definition) is 2. The maximum atomic E-state index is 13.8. The second kappa shape index (κ2) is 12.6. The number of hydrogen-bond acceptors (Lipinski definition) is 5. The Morgan fingerprint density at radius 3 is 2.17 bits per heavy atom. The molecule has 1 heterocycles. The third-order valence-electron chi connectivity index (χ3n) is 8.09. The van der Waals surface area contributed by atoms with Crippen molar-refractivity contribution in [1.29, 1.82) is 0 Å². The number of likely N-dealkylation sites (tertiary alicyclic amines) is 1. The van der Waals surface area contributed by atoms with E-state index < -0.39 is 36.2 Å². The van der Waals surface area contributed by atoms with Crippen molar-refractivity contribution in [1.82, 2.24) is 10.2 Å². The zero-order valence-electron chi connectivity index (χ0n) is 23.4. The van der Waals surface area contributed by atoms with E-state index in [-0.39, 0.29) is 25.0 Å². The monoisotopic (exact) mass is 556 g/mol. The van der Waals surface area contributed by atoms with E-state index in [4.69, 9.17) is 9.47 Å². The quantitative estimate of drug-likeness (QED) is 0.375. The number of carbonyl (C=O) groups excluding carboxylic acids is 2. The highest BCUT2D eigenvalue weighted by Crippen LogP contribution is 2.44. The first kappa shape index (κ1) is 28.4. The number of rotatable bonds is 9. The second-order valence-electron chi connectivity index (χ2n) is 11.0. The summed E-state index contributed by atoms with van der Waals surface area (Å²) in [7, 11) is 0. The third-order valence-corrected chi connectivity index (χ3v) is 8.09. The van der Waals surface area contributed by atoms with E-state index in [1.165, 1.54) is 4.90 Å². The summed E-state index contributed by atoms with van der Waals surface area (Å²) >= 11 is 0. The van der Waals surface area contributed by atoms with Crippen LogP contribution in [0.5, 0.6) is 0 Å². The first-order valence-electron chi connectivity index (χ1n) is 14.1. The average Bonchev–Trinajstić information content (AvgIpc) is 3.31. The highest BCUT2D eigenvalue weighted by Gasteiger charge is 2.40. The van der Waals surface area contributed by atoms with E-state index in [0.29, 0.717) is 19.4 Å². The molecule has 1 aliphatic carbocycles. The number of alkyl carbamates (subject to hydrolysis) is 1. The number of fused-ring (bicyclic) bond motifs is 3. The molecule has 8 heteroatoms. The zero-order chi connectivity index (χ0) is 28.9. The molecule has 214 valence electrons. The molecular formula is C33H36N2O6. The molecule has 4 atom stereocenters. The number of benzene rings is 3. The molecule has 1 saturated heterocycles. The lowest BCUT2D eigenvalue weighted by molar-refractivity contribution is -0.155.